The van der Waals surface area contributed by atoms with Crippen LogP contribution in [0.4, 0.5) is 13.6 Å². The van der Waals surface area contributed by atoms with Gasteiger partial charge in [0.25, 0.3) is 5.92 Å². The van der Waals surface area contributed by atoms with E-state index in [2.05, 4.69) is 5.32 Å². The van der Waals surface area contributed by atoms with Crippen molar-refractivity contribution in [3.8, 4) is 0 Å². The van der Waals surface area contributed by atoms with Gasteiger partial charge >= 0.3 is 6.09 Å². The van der Waals surface area contributed by atoms with Crippen LogP contribution in [0.25, 0.3) is 0 Å². The number of hydrogen-bond acceptors (Lipinski definition) is 3. The number of likely N-dealkylation sites (tertiary alicyclic amines) is 1. The lowest BCUT2D eigenvalue weighted by atomic mass is 9.86. The molecule has 2 aliphatic rings. The quantitative estimate of drug-likeness (QED) is 0.748. The second-order valence-electron chi connectivity index (χ2n) is 6.64. The molecule has 1 N–H and O–H groups in total. The van der Waals surface area contributed by atoms with Crippen LogP contribution >= 0.6 is 12.4 Å². The first kappa shape index (κ1) is 17.4. The number of hydrogen-bond donors (Lipinski definition) is 1. The van der Waals surface area contributed by atoms with Crippen molar-refractivity contribution in [3.05, 3.63) is 0 Å². The van der Waals surface area contributed by atoms with Crippen LogP contribution in [-0.4, -0.2) is 47.7 Å². The molecule has 2 rings (SSSR count). The third-order valence-electron chi connectivity index (χ3n) is 3.59. The van der Waals surface area contributed by atoms with Gasteiger partial charge in [0.1, 0.15) is 5.60 Å². The van der Waals surface area contributed by atoms with Crippen molar-refractivity contribution in [2.45, 2.75) is 57.1 Å². The van der Waals surface area contributed by atoms with Crippen LogP contribution in [0.15, 0.2) is 0 Å². The highest BCUT2D eigenvalue weighted by Gasteiger charge is 2.50. The van der Waals surface area contributed by atoms with Crippen LogP contribution in [0.1, 0.15) is 40.0 Å². The Balaban J connectivity index is 0.00000200. The minimum Gasteiger partial charge on any atom is -0.444 e. The van der Waals surface area contributed by atoms with Crippen LogP contribution in [0.5, 0.6) is 0 Å². The lowest BCUT2D eigenvalue weighted by molar-refractivity contribution is -0.0615. The first-order chi connectivity index (χ1) is 8.61. The topological polar surface area (TPSA) is 41.6 Å². The van der Waals surface area contributed by atoms with Crippen LogP contribution < -0.4 is 5.32 Å². The zero-order valence-electron chi connectivity index (χ0n) is 12.2. The third kappa shape index (κ3) is 4.19. The van der Waals surface area contributed by atoms with Gasteiger partial charge in [0.2, 0.25) is 0 Å². The molecule has 2 saturated heterocycles. The fraction of sp³-hybridized carbons (Fsp3) is 0.923. The zero-order valence-corrected chi connectivity index (χ0v) is 13.0. The number of piperidine rings is 1. The van der Waals surface area contributed by atoms with Crippen molar-refractivity contribution in [1.82, 2.24) is 10.2 Å². The Kier molecular flexibility index (Phi) is 4.91. The summed E-state index contributed by atoms with van der Waals surface area (Å²) < 4.78 is 32.3. The molecule has 1 atom stereocenters. The standard InChI is InChI=1S/C13H22F2N2O2.ClH/c1-11(2,3)19-10(18)17-7-5-12(9-17)8-13(14,15)4-6-16-12;/h16H,4-9H2,1-3H3;1H. The van der Waals surface area contributed by atoms with Gasteiger partial charge in [-0.2, -0.15) is 0 Å². The van der Waals surface area contributed by atoms with Gasteiger partial charge in [-0.15, -0.1) is 12.4 Å². The van der Waals surface area contributed by atoms with E-state index >= 15 is 0 Å². The van der Waals surface area contributed by atoms with E-state index in [9.17, 15) is 13.6 Å². The number of carbonyl (C=O) groups excluding carboxylic acids is 1. The molecule has 0 aromatic heterocycles. The van der Waals surface area contributed by atoms with Crippen molar-refractivity contribution in [1.29, 1.82) is 0 Å². The highest BCUT2D eigenvalue weighted by molar-refractivity contribution is 5.85. The molecule has 4 nitrogen and oxygen atoms in total. The third-order valence-corrected chi connectivity index (χ3v) is 3.59. The fourth-order valence-corrected chi connectivity index (χ4v) is 2.80. The minimum absolute atomic E-state index is 0. The molecule has 1 amide bonds. The van der Waals surface area contributed by atoms with E-state index in [0.29, 0.717) is 26.1 Å². The lowest BCUT2D eigenvalue weighted by Gasteiger charge is -2.38. The highest BCUT2D eigenvalue weighted by Crippen LogP contribution is 2.38. The van der Waals surface area contributed by atoms with Crippen molar-refractivity contribution in [2.75, 3.05) is 19.6 Å². The van der Waals surface area contributed by atoms with Crippen molar-refractivity contribution < 1.29 is 18.3 Å². The Morgan fingerprint density at radius 1 is 1.30 bits per heavy atom. The number of amides is 1. The van der Waals surface area contributed by atoms with Gasteiger partial charge in [0.05, 0.1) is 0 Å². The van der Waals surface area contributed by atoms with Crippen LogP contribution in [0, 0.1) is 0 Å². The Hall–Kier alpha value is -0.620. The summed E-state index contributed by atoms with van der Waals surface area (Å²) in [6.45, 7) is 6.46. The molecule has 1 unspecified atom stereocenters. The Morgan fingerprint density at radius 3 is 2.50 bits per heavy atom. The SMILES string of the molecule is CC(C)(C)OC(=O)N1CCC2(C1)CC(F)(F)CCN2.Cl. The monoisotopic (exact) mass is 312 g/mol. The Labute approximate surface area is 124 Å². The lowest BCUT2D eigenvalue weighted by Crippen LogP contribution is -2.56. The molecular weight excluding hydrogens is 290 g/mol. The summed E-state index contributed by atoms with van der Waals surface area (Å²) >= 11 is 0. The van der Waals surface area contributed by atoms with Gasteiger partial charge in [-0.3, -0.25) is 0 Å². The number of carbonyl (C=O) groups is 1. The van der Waals surface area contributed by atoms with E-state index in [4.69, 9.17) is 4.74 Å². The summed E-state index contributed by atoms with van der Waals surface area (Å²) in [5.74, 6) is -2.63. The van der Waals surface area contributed by atoms with Gasteiger partial charge in [0.15, 0.2) is 0 Å². The molecule has 20 heavy (non-hydrogen) atoms. The molecule has 0 radical (unpaired) electrons. The average Bonchev–Trinajstić information content (AvgIpc) is 2.57. The molecule has 0 aromatic rings. The summed E-state index contributed by atoms with van der Waals surface area (Å²) in [7, 11) is 0. The maximum absolute atomic E-state index is 13.5. The smallest absolute Gasteiger partial charge is 0.410 e. The molecule has 0 aliphatic carbocycles. The Bertz CT molecular complexity index is 374. The van der Waals surface area contributed by atoms with Gasteiger partial charge in [-0.05, 0) is 27.2 Å². The van der Waals surface area contributed by atoms with E-state index in [0.717, 1.165) is 0 Å². The molecule has 0 bridgehead atoms. The van der Waals surface area contributed by atoms with E-state index < -0.39 is 23.2 Å². The summed E-state index contributed by atoms with van der Waals surface area (Å²) in [6.07, 6.45) is -0.178. The number of ether oxygens (including phenoxy) is 1. The van der Waals surface area contributed by atoms with Gasteiger partial charge in [0, 0.05) is 38.0 Å². The molecule has 2 fully saturated rings. The summed E-state index contributed by atoms with van der Waals surface area (Å²) in [4.78, 5) is 13.5. The van der Waals surface area contributed by atoms with Gasteiger partial charge in [-0.25, -0.2) is 13.6 Å². The highest BCUT2D eigenvalue weighted by atomic mass is 35.5. The molecule has 2 heterocycles. The summed E-state index contributed by atoms with van der Waals surface area (Å²) in [6, 6.07) is 0. The normalized spacial score (nSPS) is 29.1. The number of nitrogens with one attached hydrogen (secondary N) is 1. The molecule has 7 heteroatoms. The first-order valence-electron chi connectivity index (χ1n) is 6.72. The first-order valence-corrected chi connectivity index (χ1v) is 6.72. The van der Waals surface area contributed by atoms with E-state index in [1.54, 1.807) is 20.8 Å². The molecule has 0 aromatic carbocycles. The maximum Gasteiger partial charge on any atom is 0.410 e. The van der Waals surface area contributed by atoms with Crippen molar-refractivity contribution >= 4 is 18.5 Å². The maximum atomic E-state index is 13.5. The van der Waals surface area contributed by atoms with Gasteiger partial charge < -0.3 is 15.0 Å². The predicted molar refractivity (Wildman–Crippen MR) is 74.6 cm³/mol. The number of rotatable bonds is 0. The predicted octanol–water partition coefficient (Wildman–Crippen LogP) is 2.81. The molecular formula is C13H23ClF2N2O2. The number of nitrogens with zero attached hydrogens (tertiary/aromatic N) is 1. The minimum atomic E-state index is -2.63. The Morgan fingerprint density at radius 2 is 1.95 bits per heavy atom. The van der Waals surface area contributed by atoms with E-state index in [1.165, 1.54) is 4.90 Å². The average molecular weight is 313 g/mol. The van der Waals surface area contributed by atoms with Crippen molar-refractivity contribution in [3.63, 3.8) is 0 Å². The molecule has 118 valence electrons. The largest absolute Gasteiger partial charge is 0.444 e. The zero-order chi connectivity index (χ0) is 14.3. The van der Waals surface area contributed by atoms with Gasteiger partial charge in [-0.1, -0.05) is 0 Å². The number of alkyl halides is 2. The molecule has 2 aliphatic heterocycles. The second-order valence-corrected chi connectivity index (χ2v) is 6.64. The summed E-state index contributed by atoms with van der Waals surface area (Å²) in [5.41, 5.74) is -1.20. The van der Waals surface area contributed by atoms with Crippen molar-refractivity contribution in [2.24, 2.45) is 0 Å². The number of halogens is 3. The molecule has 0 saturated carbocycles. The van der Waals surface area contributed by atoms with Crippen LogP contribution in [0.2, 0.25) is 0 Å². The van der Waals surface area contributed by atoms with E-state index in [-0.39, 0.29) is 25.2 Å². The van der Waals surface area contributed by atoms with Crippen LogP contribution in [0.3, 0.4) is 0 Å². The molecule has 1 spiro atoms. The van der Waals surface area contributed by atoms with E-state index in [1.807, 2.05) is 0 Å². The van der Waals surface area contributed by atoms with Crippen LogP contribution in [-0.2, 0) is 4.74 Å². The fourth-order valence-electron chi connectivity index (χ4n) is 2.80. The summed E-state index contributed by atoms with van der Waals surface area (Å²) in [5, 5.41) is 3.17. The second kappa shape index (κ2) is 5.64.